The lowest BCUT2D eigenvalue weighted by Crippen LogP contribution is -2.45. The summed E-state index contributed by atoms with van der Waals surface area (Å²) in [6.45, 7) is 3.83. The number of ether oxygens (including phenoxy) is 2. The Labute approximate surface area is 126 Å². The van der Waals surface area contributed by atoms with Gasteiger partial charge in [-0.3, -0.25) is 4.90 Å². The minimum absolute atomic E-state index is 0.0329. The fourth-order valence-electron chi connectivity index (χ4n) is 2.68. The lowest BCUT2D eigenvalue weighted by atomic mass is 10.0. The summed E-state index contributed by atoms with van der Waals surface area (Å²) in [6, 6.07) is 8.41. The molecule has 1 N–H and O–H groups in total. The Hall–Kier alpha value is -1.93. The smallest absolute Gasteiger partial charge is 0.124 e. The second kappa shape index (κ2) is 7.19. The highest BCUT2D eigenvalue weighted by atomic mass is 16.5. The molecule has 1 aromatic carbocycles. The molecule has 0 spiro atoms. The summed E-state index contributed by atoms with van der Waals surface area (Å²) >= 11 is 0. The van der Waals surface area contributed by atoms with Crippen molar-refractivity contribution in [2.45, 2.75) is 31.8 Å². The quantitative estimate of drug-likeness (QED) is 0.902. The Morgan fingerprint density at radius 2 is 1.95 bits per heavy atom. The fourth-order valence-corrected chi connectivity index (χ4v) is 2.68. The highest BCUT2D eigenvalue weighted by Crippen LogP contribution is 2.27. The molecule has 0 unspecified atom stereocenters. The summed E-state index contributed by atoms with van der Waals surface area (Å²) < 4.78 is 10.6. The summed E-state index contributed by atoms with van der Waals surface area (Å²) in [5.41, 5.74) is 0.989. The highest BCUT2D eigenvalue weighted by Gasteiger charge is 2.23. The van der Waals surface area contributed by atoms with E-state index in [4.69, 9.17) is 14.7 Å². The average molecular weight is 289 g/mol. The molecule has 0 radical (unpaired) electrons. The second-order valence-electron chi connectivity index (χ2n) is 5.38. The summed E-state index contributed by atoms with van der Waals surface area (Å²) in [5, 5.41) is 12.6. The number of nitrogens with zero attached hydrogens (tertiary/aromatic N) is 2. The highest BCUT2D eigenvalue weighted by molar-refractivity contribution is 5.54. The van der Waals surface area contributed by atoms with Gasteiger partial charge in [-0.05, 0) is 26.3 Å². The first-order valence-electron chi connectivity index (χ1n) is 7.29. The van der Waals surface area contributed by atoms with Gasteiger partial charge in [0.1, 0.15) is 11.5 Å². The van der Waals surface area contributed by atoms with E-state index in [2.05, 4.69) is 16.3 Å². The minimum Gasteiger partial charge on any atom is -0.497 e. The van der Waals surface area contributed by atoms with Crippen LogP contribution in [0.25, 0.3) is 0 Å². The van der Waals surface area contributed by atoms with E-state index in [-0.39, 0.29) is 6.04 Å². The van der Waals surface area contributed by atoms with E-state index in [1.54, 1.807) is 14.2 Å². The third-order valence-electron chi connectivity index (χ3n) is 3.91. The molecule has 1 heterocycles. The van der Waals surface area contributed by atoms with Crippen LogP contribution in [0.15, 0.2) is 18.2 Å². The molecule has 21 heavy (non-hydrogen) atoms. The van der Waals surface area contributed by atoms with E-state index < -0.39 is 0 Å². The van der Waals surface area contributed by atoms with Gasteiger partial charge in [0.15, 0.2) is 0 Å². The molecule has 2 atom stereocenters. The number of methoxy groups -OCH3 is 2. The molecule has 0 saturated carbocycles. The number of hydrogen-bond acceptors (Lipinski definition) is 5. The van der Waals surface area contributed by atoms with Crippen molar-refractivity contribution in [3.8, 4) is 17.6 Å². The molecule has 5 nitrogen and oxygen atoms in total. The largest absolute Gasteiger partial charge is 0.497 e. The maximum atomic E-state index is 9.05. The van der Waals surface area contributed by atoms with Crippen LogP contribution in [0.2, 0.25) is 0 Å². The van der Waals surface area contributed by atoms with Crippen LogP contribution in [0.1, 0.15) is 19.8 Å². The topological polar surface area (TPSA) is 57.5 Å². The Morgan fingerprint density at radius 3 is 2.52 bits per heavy atom. The van der Waals surface area contributed by atoms with Crippen molar-refractivity contribution in [1.29, 1.82) is 5.26 Å². The van der Waals surface area contributed by atoms with E-state index in [1.807, 2.05) is 25.1 Å². The maximum Gasteiger partial charge on any atom is 0.124 e. The average Bonchev–Trinajstić information content (AvgIpc) is 2.53. The van der Waals surface area contributed by atoms with Crippen molar-refractivity contribution in [3.63, 3.8) is 0 Å². The van der Waals surface area contributed by atoms with E-state index in [9.17, 15) is 0 Å². The summed E-state index contributed by atoms with van der Waals surface area (Å²) in [5.74, 6) is 1.55. The van der Waals surface area contributed by atoms with Gasteiger partial charge in [0.2, 0.25) is 0 Å². The van der Waals surface area contributed by atoms with E-state index >= 15 is 0 Å². The van der Waals surface area contributed by atoms with E-state index in [0.29, 0.717) is 6.04 Å². The van der Waals surface area contributed by atoms with Crippen LogP contribution in [0.5, 0.6) is 11.5 Å². The predicted molar refractivity (Wildman–Crippen MR) is 82.8 cm³/mol. The number of nitrogens with one attached hydrogen (secondary N) is 1. The van der Waals surface area contributed by atoms with Gasteiger partial charge >= 0.3 is 0 Å². The van der Waals surface area contributed by atoms with Crippen LogP contribution in [0.4, 0.5) is 5.69 Å². The van der Waals surface area contributed by atoms with Gasteiger partial charge in [-0.15, -0.1) is 0 Å². The van der Waals surface area contributed by atoms with Gasteiger partial charge in [0, 0.05) is 36.5 Å². The number of hydrogen-bond donors (Lipinski definition) is 1. The number of piperidine rings is 1. The molecule has 1 fully saturated rings. The molecule has 2 rings (SSSR count). The third-order valence-corrected chi connectivity index (χ3v) is 3.91. The van der Waals surface area contributed by atoms with Crippen LogP contribution in [-0.2, 0) is 0 Å². The number of nitriles is 1. The van der Waals surface area contributed by atoms with Crippen molar-refractivity contribution < 1.29 is 9.47 Å². The number of benzene rings is 1. The number of anilines is 1. The number of likely N-dealkylation sites (tertiary alicyclic amines) is 1. The molecule has 1 aliphatic rings. The van der Waals surface area contributed by atoms with Crippen LogP contribution in [0.3, 0.4) is 0 Å². The van der Waals surface area contributed by atoms with E-state index in [1.165, 1.54) is 0 Å². The second-order valence-corrected chi connectivity index (χ2v) is 5.38. The molecule has 114 valence electrons. The fraction of sp³-hybridized carbons (Fsp3) is 0.562. The molecule has 0 aromatic heterocycles. The molecule has 5 heteroatoms. The molecule has 1 saturated heterocycles. The molecule has 0 bridgehead atoms. The molecule has 0 amide bonds. The molecular weight excluding hydrogens is 266 g/mol. The first kappa shape index (κ1) is 15.5. The standard InChI is InChI=1S/C16H23N3O2/c1-12(10-17)19-6-4-5-13(11-19)18-14-7-15(20-2)9-16(8-14)21-3/h7-9,12-13,18H,4-6,11H2,1-3H3/t12-,13-/m1/s1. The predicted octanol–water partition coefficient (Wildman–Crippen LogP) is 2.49. The molecular formula is C16H23N3O2. The van der Waals surface area contributed by atoms with Gasteiger partial charge in [-0.1, -0.05) is 0 Å². The summed E-state index contributed by atoms with van der Waals surface area (Å²) in [7, 11) is 3.30. The Kier molecular flexibility index (Phi) is 5.29. The van der Waals surface area contributed by atoms with Gasteiger partial charge in [-0.2, -0.15) is 5.26 Å². The van der Waals surface area contributed by atoms with E-state index in [0.717, 1.165) is 43.1 Å². The molecule has 0 aliphatic carbocycles. The zero-order chi connectivity index (χ0) is 15.2. The maximum absolute atomic E-state index is 9.05. The van der Waals surface area contributed by atoms with Crippen molar-refractivity contribution >= 4 is 5.69 Å². The van der Waals surface area contributed by atoms with Crippen LogP contribution in [0, 0.1) is 11.3 Å². The van der Waals surface area contributed by atoms with Gasteiger partial charge in [0.05, 0.1) is 26.3 Å². The van der Waals surface area contributed by atoms with Crippen LogP contribution < -0.4 is 14.8 Å². The Balaban J connectivity index is 2.05. The monoisotopic (exact) mass is 289 g/mol. The van der Waals surface area contributed by atoms with Gasteiger partial charge in [0.25, 0.3) is 0 Å². The molecule has 1 aliphatic heterocycles. The SMILES string of the molecule is COc1cc(N[C@@H]2CCCN([C@H](C)C#N)C2)cc(OC)c1. The first-order valence-corrected chi connectivity index (χ1v) is 7.29. The van der Waals surface area contributed by atoms with Gasteiger partial charge in [-0.25, -0.2) is 0 Å². The van der Waals surface area contributed by atoms with Crippen molar-refractivity contribution in [1.82, 2.24) is 4.90 Å². The zero-order valence-electron chi connectivity index (χ0n) is 12.9. The summed E-state index contributed by atoms with van der Waals surface area (Å²) in [4.78, 5) is 2.22. The molecule has 1 aromatic rings. The van der Waals surface area contributed by atoms with Crippen molar-refractivity contribution in [2.75, 3.05) is 32.6 Å². The first-order chi connectivity index (χ1) is 10.2. The van der Waals surface area contributed by atoms with Gasteiger partial charge < -0.3 is 14.8 Å². The summed E-state index contributed by atoms with van der Waals surface area (Å²) in [6.07, 6.45) is 2.21. The lowest BCUT2D eigenvalue weighted by molar-refractivity contribution is 0.193. The minimum atomic E-state index is -0.0329. The zero-order valence-corrected chi connectivity index (χ0v) is 12.9. The van der Waals surface area contributed by atoms with Crippen LogP contribution in [-0.4, -0.2) is 44.3 Å². The van der Waals surface area contributed by atoms with Crippen LogP contribution >= 0.6 is 0 Å². The normalized spacial score (nSPS) is 20.4. The Morgan fingerprint density at radius 1 is 1.29 bits per heavy atom. The Bertz CT molecular complexity index is 490. The van der Waals surface area contributed by atoms with Crippen molar-refractivity contribution in [3.05, 3.63) is 18.2 Å². The van der Waals surface area contributed by atoms with Crippen molar-refractivity contribution in [2.24, 2.45) is 0 Å². The lowest BCUT2D eigenvalue weighted by Gasteiger charge is -2.35. The third kappa shape index (κ3) is 4.02. The number of rotatable bonds is 5.